The van der Waals surface area contributed by atoms with Gasteiger partial charge in [-0.1, -0.05) is 79.8 Å². The first kappa shape index (κ1) is 36.4. The highest BCUT2D eigenvalue weighted by Gasteiger charge is 2.87. The number of carbonyl (C=O) groups is 1. The van der Waals surface area contributed by atoms with E-state index in [2.05, 4.69) is 78.0 Å². The number of hydrogen-bond acceptors (Lipinski definition) is 8. The van der Waals surface area contributed by atoms with Gasteiger partial charge in [0.15, 0.2) is 17.5 Å². The van der Waals surface area contributed by atoms with E-state index in [-0.39, 0.29) is 38.5 Å². The molecule has 0 bridgehead atoms. The highest BCUT2D eigenvalue weighted by Crippen LogP contribution is 2.75. The van der Waals surface area contributed by atoms with Gasteiger partial charge in [0.1, 0.15) is 6.10 Å². The topological polar surface area (TPSA) is 138 Å². The number of hydrogen-bond donors (Lipinski definition) is 2. The molecule has 2 N–H and O–H groups in total. The molecule has 1 aromatic heterocycles. The van der Waals surface area contributed by atoms with Crippen molar-refractivity contribution in [2.75, 3.05) is 19.8 Å². The monoisotopic (exact) mass is 673 g/mol. The maximum absolute atomic E-state index is 15.8. The lowest BCUT2D eigenvalue weighted by molar-refractivity contribution is -0.121. The quantitative estimate of drug-likeness (QED) is 0.103. The van der Waals surface area contributed by atoms with Gasteiger partial charge >= 0.3 is 13.5 Å². The summed E-state index contributed by atoms with van der Waals surface area (Å²) < 4.78 is 51.6. The smallest absolute Gasteiger partial charge is 0.354 e. The first-order chi connectivity index (χ1) is 22.7. The summed E-state index contributed by atoms with van der Waals surface area (Å²) in [5.74, 6) is -0.195. The molecule has 4 rings (SSSR count). The van der Waals surface area contributed by atoms with Crippen molar-refractivity contribution in [3.8, 4) is 0 Å². The Morgan fingerprint density at radius 1 is 1.02 bits per heavy atom. The van der Waals surface area contributed by atoms with E-state index >= 15 is 4.39 Å². The van der Waals surface area contributed by atoms with Crippen LogP contribution in [0.3, 0.4) is 0 Å². The van der Waals surface area contributed by atoms with Gasteiger partial charge in [-0.05, 0) is 44.9 Å². The summed E-state index contributed by atoms with van der Waals surface area (Å²) in [6, 6.07) is 1.08. The fourth-order valence-electron chi connectivity index (χ4n) is 5.37. The van der Waals surface area contributed by atoms with Crippen molar-refractivity contribution < 1.29 is 32.1 Å². The average molecular weight is 674 g/mol. The fraction of sp³-hybridized carbons (Fsp3) is 0.500. The first-order valence-corrected chi connectivity index (χ1v) is 17.6. The summed E-state index contributed by atoms with van der Waals surface area (Å²) in [6.45, 7) is 1.75. The number of H-pyrrole nitrogens is 1. The van der Waals surface area contributed by atoms with Crippen molar-refractivity contribution >= 4 is 13.7 Å². The minimum Gasteiger partial charge on any atom is -0.354 e. The lowest BCUT2D eigenvalue weighted by atomic mass is 10.1. The number of amides is 1. The van der Waals surface area contributed by atoms with Gasteiger partial charge in [-0.15, -0.1) is 0 Å². The average Bonchev–Trinajstić information content (AvgIpc) is 3.55. The largest absolute Gasteiger partial charge is 0.475 e. The molecule has 0 radical (unpaired) electrons. The van der Waals surface area contributed by atoms with Crippen LogP contribution in [0.2, 0.25) is 0 Å². The maximum atomic E-state index is 15.8. The molecule has 1 spiro atoms. The van der Waals surface area contributed by atoms with Crippen molar-refractivity contribution in [2.45, 2.75) is 88.3 Å². The van der Waals surface area contributed by atoms with E-state index < -0.39 is 42.7 Å². The maximum Gasteiger partial charge on any atom is 0.475 e. The van der Waals surface area contributed by atoms with Crippen molar-refractivity contribution in [3.63, 3.8) is 0 Å². The number of nitrogens with one attached hydrogen (secondary N) is 2. The Morgan fingerprint density at radius 2 is 1.62 bits per heavy atom. The second-order valence-electron chi connectivity index (χ2n) is 11.4. The molecule has 47 heavy (non-hydrogen) atoms. The number of allylic oxidation sites excluding steroid dienone is 12. The molecule has 11 nitrogen and oxygen atoms in total. The number of carbonyl (C=O) groups excluding carboxylic acids is 1. The van der Waals surface area contributed by atoms with E-state index in [0.717, 1.165) is 55.4 Å². The zero-order chi connectivity index (χ0) is 33.6. The van der Waals surface area contributed by atoms with Gasteiger partial charge in [-0.3, -0.25) is 32.7 Å². The van der Waals surface area contributed by atoms with Crippen LogP contribution in [0.25, 0.3) is 0 Å². The molecular weight excluding hydrogens is 628 g/mol. The summed E-state index contributed by atoms with van der Waals surface area (Å²) in [5, 5.41) is 2.68. The van der Waals surface area contributed by atoms with E-state index in [0.29, 0.717) is 6.42 Å². The Balaban J connectivity index is 1.04. The number of alkyl halides is 1. The summed E-state index contributed by atoms with van der Waals surface area (Å²) in [6.07, 6.45) is 30.6. The standard InChI is InChI=1S/C34H45FN3O8P/c1-2-3-4-5-6-7-8-9-10-11-12-13-14-15-16-17-18-19-20-21-29(39)36-23-25-43-47(42)44-26-28-34(46-47)27-33(34,35)31(45-28)38-24-22-30(40)37-32(38)41/h3-4,6-7,9-10,12-13,15-16,18-19,22,24,28,31H,2,5,8,11,14,17,20-21,23,25-27H2,1H3,(H,36,39)(H,37,40,41)/b4-3-,7-6-,10-9-,13-12-,16-15-,19-18-/t28-,31-,33+,34-,47?/m1/s1. The first-order valence-electron chi connectivity index (χ1n) is 16.2. The molecule has 3 fully saturated rings. The zero-order valence-electron chi connectivity index (χ0n) is 26.8. The summed E-state index contributed by atoms with van der Waals surface area (Å²) >= 11 is 0. The van der Waals surface area contributed by atoms with Crippen LogP contribution in [0.5, 0.6) is 0 Å². The van der Waals surface area contributed by atoms with Gasteiger partial charge in [0.2, 0.25) is 5.91 Å². The normalized spacial score (nSPS) is 28.8. The van der Waals surface area contributed by atoms with Crippen molar-refractivity contribution in [1.82, 2.24) is 14.9 Å². The Kier molecular flexibility index (Phi) is 13.7. The number of nitrogens with zero attached hydrogens (tertiary/aromatic N) is 1. The van der Waals surface area contributed by atoms with E-state index in [9.17, 15) is 18.9 Å². The SMILES string of the molecule is CC/C=C\C/C=C\C/C=C\C/C=C\C/C=C\C/C=C\CCC(=O)NCCOP1(=O)OC[C@H]2O[C@@H](n3ccc(=O)[nH]c3=O)[C@@]3(F)C[C@@]23O1. The summed E-state index contributed by atoms with van der Waals surface area (Å²) in [5.41, 5.74) is -5.21. The van der Waals surface area contributed by atoms with Crippen LogP contribution < -0.4 is 16.6 Å². The number of ether oxygens (including phenoxy) is 1. The number of phosphoric acid groups is 1. The predicted molar refractivity (Wildman–Crippen MR) is 177 cm³/mol. The third-order valence-corrected chi connectivity index (χ3v) is 9.39. The molecule has 1 unspecified atom stereocenters. The fourth-order valence-corrected chi connectivity index (χ4v) is 6.91. The van der Waals surface area contributed by atoms with Crippen LogP contribution in [0.15, 0.2) is 94.8 Å². The molecule has 1 aromatic rings. The second kappa shape index (κ2) is 17.7. The molecule has 2 aliphatic heterocycles. The van der Waals surface area contributed by atoms with Crippen LogP contribution in [0, 0.1) is 0 Å². The van der Waals surface area contributed by atoms with Crippen LogP contribution in [-0.4, -0.2) is 52.6 Å². The van der Waals surface area contributed by atoms with Crippen LogP contribution >= 0.6 is 7.82 Å². The second-order valence-corrected chi connectivity index (χ2v) is 13.0. The number of rotatable bonds is 19. The molecular formula is C34H45FN3O8P. The predicted octanol–water partition coefficient (Wildman–Crippen LogP) is 6.05. The third kappa shape index (κ3) is 10.0. The molecule has 1 amide bonds. The minimum atomic E-state index is -4.15. The molecule has 1 aliphatic carbocycles. The Labute approximate surface area is 274 Å². The van der Waals surface area contributed by atoms with E-state index in [4.69, 9.17) is 18.3 Å². The number of halogens is 1. The molecule has 256 valence electrons. The highest BCUT2D eigenvalue weighted by atomic mass is 31.2. The summed E-state index contributed by atoms with van der Waals surface area (Å²) in [7, 11) is -4.15. The Hall–Kier alpha value is -3.41. The molecule has 13 heteroatoms. The highest BCUT2D eigenvalue weighted by molar-refractivity contribution is 7.48. The number of aromatic nitrogens is 2. The Morgan fingerprint density at radius 3 is 2.21 bits per heavy atom. The number of aromatic amines is 1. The molecule has 1 saturated carbocycles. The van der Waals surface area contributed by atoms with Gasteiger partial charge in [-0.2, -0.15) is 0 Å². The van der Waals surface area contributed by atoms with E-state index in [1.54, 1.807) is 0 Å². The molecule has 3 aliphatic rings. The lowest BCUT2D eigenvalue weighted by Gasteiger charge is -2.32. The van der Waals surface area contributed by atoms with Crippen molar-refractivity contribution in [2.24, 2.45) is 0 Å². The van der Waals surface area contributed by atoms with Crippen LogP contribution in [0.1, 0.15) is 70.9 Å². The Bertz CT molecular complexity index is 1550. The third-order valence-electron chi connectivity index (χ3n) is 7.87. The van der Waals surface area contributed by atoms with Gasteiger partial charge in [0.25, 0.3) is 5.56 Å². The molecule has 0 aromatic carbocycles. The lowest BCUT2D eigenvalue weighted by Crippen LogP contribution is -2.40. The minimum absolute atomic E-state index is 0.0579. The van der Waals surface area contributed by atoms with Crippen LogP contribution in [0.4, 0.5) is 4.39 Å². The van der Waals surface area contributed by atoms with Crippen LogP contribution in [-0.2, 0) is 27.7 Å². The van der Waals surface area contributed by atoms with Gasteiger partial charge < -0.3 is 10.1 Å². The van der Waals surface area contributed by atoms with E-state index in [1.807, 2.05) is 12.2 Å². The molecule has 2 saturated heterocycles. The van der Waals surface area contributed by atoms with Crippen molar-refractivity contribution in [1.29, 1.82) is 0 Å². The van der Waals surface area contributed by atoms with Gasteiger partial charge in [0, 0.05) is 31.6 Å². The molecule has 3 heterocycles. The van der Waals surface area contributed by atoms with Crippen molar-refractivity contribution in [3.05, 3.63) is 106 Å². The molecule has 5 atom stereocenters. The number of phosphoric ester groups is 1. The van der Waals surface area contributed by atoms with E-state index in [1.165, 1.54) is 0 Å². The zero-order valence-corrected chi connectivity index (χ0v) is 27.7. The van der Waals surface area contributed by atoms with Gasteiger partial charge in [-0.25, -0.2) is 13.8 Å². The summed E-state index contributed by atoms with van der Waals surface area (Å²) in [4.78, 5) is 37.8. The van der Waals surface area contributed by atoms with Gasteiger partial charge in [0.05, 0.1) is 13.2 Å².